The van der Waals surface area contributed by atoms with Crippen LogP contribution in [0.25, 0.3) is 0 Å². The highest BCUT2D eigenvalue weighted by atomic mass is 127. The molecule has 0 spiro atoms. The maximum absolute atomic E-state index is 12.2. The van der Waals surface area contributed by atoms with Crippen LogP contribution < -0.4 is 80.5 Å². The van der Waals surface area contributed by atoms with Crippen molar-refractivity contribution in [2.45, 2.75) is 140 Å². The largest absolute Gasteiger partial charge is 0.508 e. The van der Waals surface area contributed by atoms with E-state index in [1.807, 2.05) is 154 Å². The van der Waals surface area contributed by atoms with E-state index in [0.717, 1.165) is 217 Å². The Balaban J connectivity index is 0.000000600. The number of phenolic OH excluding ortho intramolecular Hbond substituents is 9. The summed E-state index contributed by atoms with van der Waals surface area (Å²) in [6.07, 6.45) is 5.04. The van der Waals surface area contributed by atoms with Gasteiger partial charge in [0.2, 0.25) is 0 Å². The first-order chi connectivity index (χ1) is 63.1. The number of nitrogens with zero attached hydrogens (tertiary/aromatic N) is 2. The van der Waals surface area contributed by atoms with Crippen molar-refractivity contribution in [2.75, 3.05) is 91.6 Å². The first-order valence-corrected chi connectivity index (χ1v) is 71.9. The van der Waals surface area contributed by atoms with E-state index >= 15 is 0 Å². The van der Waals surface area contributed by atoms with Crippen LogP contribution in [0.2, 0.25) is 0 Å². The van der Waals surface area contributed by atoms with Crippen molar-refractivity contribution < 1.29 is 55.5 Å². The van der Waals surface area contributed by atoms with Crippen molar-refractivity contribution in [1.82, 2.24) is 41.7 Å². The molecule has 7 unspecified atom stereocenters. The van der Waals surface area contributed by atoms with Gasteiger partial charge in [-0.3, -0.25) is 9.80 Å². The molecule has 42 heteroatoms. The van der Waals surface area contributed by atoms with Crippen LogP contribution in [0.15, 0.2) is 127 Å². The summed E-state index contributed by atoms with van der Waals surface area (Å²) in [6.45, 7) is 35.3. The number of hydrogen-bond donors (Lipinski definition) is 17. The molecule has 0 aliphatic carbocycles. The molecule has 0 bridgehead atoms. The molecule has 0 amide bonds. The second-order valence-corrected chi connectivity index (χ2v) is 61.1. The minimum absolute atomic E-state index is 0.280. The maximum atomic E-state index is 12.2. The van der Waals surface area contributed by atoms with E-state index in [0.29, 0.717) is 119 Å². The highest BCUT2D eigenvalue weighted by molar-refractivity contribution is 14.2. The highest BCUT2D eigenvalue weighted by Crippen LogP contribution is 2.45. The van der Waals surface area contributed by atoms with E-state index in [-0.39, 0.29) is 11.5 Å². The van der Waals surface area contributed by atoms with Crippen LogP contribution in [0.4, 0.5) is 0 Å². The Bertz CT molecular complexity index is 4570. The molecule has 0 aromatic heterocycles. The molecule has 9 aromatic rings. The molecule has 0 aliphatic heterocycles. The summed E-state index contributed by atoms with van der Waals surface area (Å²) < 4.78 is 0. The molecule has 9 rings (SSSR count). The van der Waals surface area contributed by atoms with Gasteiger partial charge in [-0.2, -0.15) is 0 Å². The first kappa shape index (κ1) is 126. The van der Waals surface area contributed by atoms with Gasteiger partial charge in [-0.05, 0) is 298 Å². The van der Waals surface area contributed by atoms with Crippen LogP contribution in [0.3, 0.4) is 0 Å². The number of nitrogens with two attached hydrogens (primary N) is 2. The Morgan fingerprint density at radius 3 is 0.835 bits per heavy atom. The number of hydrogen-bond acceptors (Lipinski definition) is 21. The van der Waals surface area contributed by atoms with Crippen molar-refractivity contribution in [3.8, 4) is 51.7 Å². The van der Waals surface area contributed by atoms with Crippen LogP contribution in [-0.4, -0.2) is 214 Å². The monoisotopic (exact) mass is 2710 g/mol. The maximum Gasteiger partial charge on any atom is 0.129 e. The zero-order valence-electron chi connectivity index (χ0n) is 77.1. The van der Waals surface area contributed by atoms with E-state index in [1.165, 1.54) is 5.56 Å². The molecule has 0 fully saturated rings. The minimum atomic E-state index is -0.839. The number of nitrogens with one attached hydrogen (secondary N) is 6. The van der Waals surface area contributed by atoms with Gasteiger partial charge >= 0.3 is 0 Å². The van der Waals surface area contributed by atoms with Crippen LogP contribution in [0.5, 0.6) is 51.7 Å². The van der Waals surface area contributed by atoms with E-state index in [9.17, 15) is 40.9 Å². The molecule has 0 aliphatic rings. The fourth-order valence-corrected chi connectivity index (χ4v) is 23.7. The number of carbonyl (C=O) groups excluding carboxylic acids is 2. The number of phenols is 9. The third-order valence-corrected chi connectivity index (χ3v) is 37.7. The Morgan fingerprint density at radius 2 is 0.549 bits per heavy atom. The number of unbranched alkanes of at least 4 members (excludes halogenated alkanes) is 2. The van der Waals surface area contributed by atoms with Gasteiger partial charge in [-0.25, -0.2) is 0 Å². The van der Waals surface area contributed by atoms with Crippen LogP contribution >= 0.6 is 192 Å². The Hall–Kier alpha value is -1.31. The molecule has 21 nitrogen and oxygen atoms in total. The molecular weight excluding hydrogens is 2590 g/mol. The lowest BCUT2D eigenvalue weighted by atomic mass is 10.0. The summed E-state index contributed by atoms with van der Waals surface area (Å²) in [6, 6.07) is 40.6. The number of halogens is 7. The average Bonchev–Trinajstić information content (AvgIpc) is 0.808. The van der Waals surface area contributed by atoms with Crippen LogP contribution in [0, 0.1) is 62.3 Å². The quantitative estimate of drug-likeness (QED) is 0.00729. The molecule has 0 saturated heterocycles. The van der Waals surface area contributed by atoms with Crippen molar-refractivity contribution in [3.05, 3.63) is 222 Å². The lowest BCUT2D eigenvalue weighted by Gasteiger charge is -2.26. The Labute approximate surface area is 899 Å². The number of rotatable bonds is 45. The number of aromatic hydroxyl groups is 9. The molecule has 7 atom stereocenters. The van der Waals surface area contributed by atoms with Gasteiger partial charge in [0.25, 0.3) is 0 Å². The minimum Gasteiger partial charge on any atom is -0.508 e. The van der Waals surface area contributed by atoms with Crippen LogP contribution in [0.1, 0.15) is 120 Å². The van der Waals surface area contributed by atoms with Gasteiger partial charge in [0.1, 0.15) is 118 Å². The molecule has 14 radical (unpaired) electrons. The Morgan fingerprint density at radius 1 is 0.286 bits per heavy atom. The molecule has 19 N–H and O–H groups in total. The third kappa shape index (κ3) is 47.4. The fourth-order valence-electron chi connectivity index (χ4n) is 13.6. The van der Waals surface area contributed by atoms with Gasteiger partial charge in [0.05, 0.1) is 0 Å². The Kier molecular flexibility index (Phi) is 65.9. The second kappa shape index (κ2) is 69.6. The SMILES string of the molecule is C=O.C=O.Cc1ccc(O)cc1.NCCNCCN.[B]P(I)c1cc(C)c(O)c(CCCCN(CCCCc2cc(P([B])I)cc(C)c2O)Cc2cc(C)cc(CN(CCNCc3cc(P([B])I)cc(C)c3O)CCNCc3cc(P([B])I)cc(C)c3O)c2O)c1.[B]P(I)c1cc(C)c(O)c(CNCCNCCNCc2cc(P([B])I)cc(C)c2O)c1.[B]P(I)c1ccc(O)c(C)c1. The molecule has 133 heavy (non-hydrogen) atoms. The lowest BCUT2D eigenvalue weighted by Crippen LogP contribution is -2.36. The van der Waals surface area contributed by atoms with Gasteiger partial charge in [0, 0.05) is 151 Å². The average molecular weight is 2710 g/mol. The van der Waals surface area contributed by atoms with Gasteiger partial charge < -0.3 is 98.9 Å². The van der Waals surface area contributed by atoms with E-state index in [4.69, 9.17) is 79.1 Å². The highest BCUT2D eigenvalue weighted by Gasteiger charge is 2.21. The third-order valence-electron chi connectivity index (χ3n) is 20.7. The summed E-state index contributed by atoms with van der Waals surface area (Å²) >= 11 is 15.7. The van der Waals surface area contributed by atoms with Crippen molar-refractivity contribution in [3.63, 3.8) is 0 Å². The van der Waals surface area contributed by atoms with Crippen LogP contribution in [-0.2, 0) is 61.7 Å². The number of benzene rings is 9. The molecule has 0 saturated carbocycles. The van der Waals surface area contributed by atoms with E-state index in [2.05, 4.69) is 227 Å². The molecular formula is C91H123B7I7N10O11P7. The topological polar surface area (TPSA) is 347 Å². The van der Waals surface area contributed by atoms with Crippen molar-refractivity contribution in [1.29, 1.82) is 0 Å². The summed E-state index contributed by atoms with van der Waals surface area (Å²) in [5, 5.41) is 122. The summed E-state index contributed by atoms with van der Waals surface area (Å²) in [5.41, 5.74) is 20.2. The number of carbonyl (C=O) groups is 2. The number of aryl methyl sites for hydroxylation is 11. The predicted octanol–water partition coefficient (Wildman–Crippen LogP) is 16.5. The smallest absolute Gasteiger partial charge is 0.129 e. The second-order valence-electron chi connectivity index (χ2n) is 31.3. The molecule has 0 heterocycles. The van der Waals surface area contributed by atoms with E-state index < -0.39 is 38.1 Å². The molecule has 9 aromatic carbocycles. The zero-order valence-corrected chi connectivity index (χ0v) is 98.5. The summed E-state index contributed by atoms with van der Waals surface area (Å²) in [7, 11) is 42.9. The lowest BCUT2D eigenvalue weighted by molar-refractivity contribution is -0.0987. The first-order valence-electron chi connectivity index (χ1n) is 42.6. The van der Waals surface area contributed by atoms with Crippen molar-refractivity contribution in [2.24, 2.45) is 11.5 Å². The summed E-state index contributed by atoms with van der Waals surface area (Å²) in [4.78, 5) is 20.8. The predicted molar refractivity (Wildman–Crippen MR) is 641 cm³/mol. The fraction of sp³-hybridized carbons (Fsp3) is 0.385. The van der Waals surface area contributed by atoms with Gasteiger partial charge in [0.15, 0.2) is 0 Å². The normalized spacial score (nSPS) is 12.6. The molecule has 708 valence electrons. The van der Waals surface area contributed by atoms with Gasteiger partial charge in [-0.1, -0.05) is 234 Å². The van der Waals surface area contributed by atoms with Gasteiger partial charge in [-0.15, -0.1) is 0 Å². The summed E-state index contributed by atoms with van der Waals surface area (Å²) in [5.74, 6) is 2.89. The zero-order chi connectivity index (χ0) is 99.7. The standard InChI is InChI=1S/C51H64B4I4N4O5P4.C20H27B2I2N3O2P2.C7H7BIOP.C7H8O.C4H13N3.2CH2O/c1-32-18-41(30-62(14-8-6-10-37-24-43(69(52)56)20-33(2)47(37)64)15-9-7-11-38-25-44(70(53)57)21-34(3)48(38)65)51(68)42(19-32)31-63(16-12-60-28-39-26-45(71(54)58)22-35(4)49(39)66)17-13-61-29-40-27-46(72(55)59)23-36(5)50(40)67;1-13-7-17(30(21)23)9-15(19(13)28)11-26-5-3-25-4-6-27-12-16-10-18(31(22)24)8-14(2)20(16)29;1-5-4-6(11(8)9)2-3-7(5)10;1-6-2-4-7(8)5-3-6;5-1-3-7-4-2-6;2*1-2/h18-27,60-61,64-68H,6-17,28-31H2,1-5H3;7-10,25-29H,3-6,11-12H2,1-2H3;2-4,10H,1H3;2-5,8H,1H3;7H,1-6H2;2*1H2. The van der Waals surface area contributed by atoms with E-state index in [1.54, 1.807) is 18.2 Å². The van der Waals surface area contributed by atoms with Crippen molar-refractivity contribution >= 4 is 296 Å².